The van der Waals surface area contributed by atoms with Gasteiger partial charge in [-0.2, -0.15) is 0 Å². The van der Waals surface area contributed by atoms with Gasteiger partial charge in [0, 0.05) is 29.6 Å². The van der Waals surface area contributed by atoms with E-state index in [1.807, 2.05) is 0 Å². The number of hydrogen-bond acceptors (Lipinski definition) is 0. The van der Waals surface area contributed by atoms with Crippen molar-refractivity contribution < 1.29 is 0 Å². The number of benzene rings is 1. The molecule has 1 heteroatoms. The molecule has 1 radical (unpaired) electrons. The molecule has 0 aliphatic carbocycles. The maximum absolute atomic E-state index is 2.24. The molecule has 1 aromatic carbocycles. The molecule has 0 aliphatic heterocycles. The fourth-order valence-electron chi connectivity index (χ4n) is 1.09. The summed E-state index contributed by atoms with van der Waals surface area (Å²) in [6.45, 7) is 4.49. The summed E-state index contributed by atoms with van der Waals surface area (Å²) in [6.07, 6.45) is 1.20. The monoisotopic (exact) mass is 157 g/mol. The van der Waals surface area contributed by atoms with E-state index in [1.165, 1.54) is 12.0 Å². The van der Waals surface area contributed by atoms with Crippen LogP contribution in [0.4, 0.5) is 0 Å². The van der Waals surface area contributed by atoms with E-state index in [1.54, 1.807) is 0 Å². The fourth-order valence-corrected chi connectivity index (χ4v) is 1.09. The molecule has 0 heterocycles. The van der Waals surface area contributed by atoms with Gasteiger partial charge in [0.05, 0.1) is 0 Å². The van der Waals surface area contributed by atoms with Crippen molar-refractivity contribution in [3.63, 3.8) is 0 Å². The number of rotatable bonds is 2. The van der Waals surface area contributed by atoms with E-state index in [0.29, 0.717) is 0 Å². The fraction of sp³-hybridized carbons (Fsp3) is 0.400. The van der Waals surface area contributed by atoms with E-state index in [0.717, 1.165) is 5.92 Å². The summed E-state index contributed by atoms with van der Waals surface area (Å²) in [6, 6.07) is 10.6. The van der Waals surface area contributed by atoms with Gasteiger partial charge < -0.3 is 0 Å². The number of hydrogen-bond donors (Lipinski definition) is 0. The molecule has 0 bridgehead atoms. The van der Waals surface area contributed by atoms with Gasteiger partial charge in [-0.25, -0.2) is 0 Å². The van der Waals surface area contributed by atoms with Crippen LogP contribution in [0.5, 0.6) is 0 Å². The second-order valence-corrected chi connectivity index (χ2v) is 3.08. The molecule has 0 nitrogen and oxygen atoms in total. The maximum atomic E-state index is 2.24. The Morgan fingerprint density at radius 2 is 1.64 bits per heavy atom. The van der Waals surface area contributed by atoms with Gasteiger partial charge in [0.15, 0.2) is 0 Å². The largest absolute Gasteiger partial charge is 0.0625 e. The molecule has 0 saturated carbocycles. The molecule has 0 aromatic heterocycles. The predicted molar refractivity (Wildman–Crippen MR) is 50.7 cm³/mol. The van der Waals surface area contributed by atoms with Crippen LogP contribution in [0.25, 0.3) is 0 Å². The van der Waals surface area contributed by atoms with Gasteiger partial charge in [-0.1, -0.05) is 44.2 Å². The van der Waals surface area contributed by atoms with E-state index in [4.69, 9.17) is 0 Å². The second kappa shape index (κ2) is 5.82. The van der Waals surface area contributed by atoms with Gasteiger partial charge in [0.1, 0.15) is 0 Å². The molecular formula is C10H14Na. The van der Waals surface area contributed by atoms with Gasteiger partial charge in [-0.3, -0.25) is 0 Å². The summed E-state index contributed by atoms with van der Waals surface area (Å²) < 4.78 is 0. The summed E-state index contributed by atoms with van der Waals surface area (Å²) in [5, 5.41) is 0. The van der Waals surface area contributed by atoms with Crippen molar-refractivity contribution in [2.24, 2.45) is 5.92 Å². The van der Waals surface area contributed by atoms with Crippen LogP contribution in [0.2, 0.25) is 0 Å². The Hall–Kier alpha value is 0.220. The van der Waals surface area contributed by atoms with Crippen molar-refractivity contribution in [1.82, 2.24) is 0 Å². The molecule has 0 unspecified atom stereocenters. The third-order valence-electron chi connectivity index (χ3n) is 1.49. The first-order valence-corrected chi connectivity index (χ1v) is 3.83. The van der Waals surface area contributed by atoms with E-state index in [-0.39, 0.29) is 29.6 Å². The smallest absolute Gasteiger partial charge is 0 e. The Kier molecular flexibility index (Phi) is 5.93. The van der Waals surface area contributed by atoms with Crippen molar-refractivity contribution in [2.75, 3.05) is 0 Å². The van der Waals surface area contributed by atoms with E-state index in [9.17, 15) is 0 Å². The SMILES string of the molecule is CC(C)Cc1ccccc1.[Na]. The Bertz CT molecular complexity index is 179. The van der Waals surface area contributed by atoms with Crippen LogP contribution in [0.3, 0.4) is 0 Å². The van der Waals surface area contributed by atoms with E-state index in [2.05, 4.69) is 44.2 Å². The average molecular weight is 157 g/mol. The van der Waals surface area contributed by atoms with Crippen molar-refractivity contribution >= 4 is 29.6 Å². The van der Waals surface area contributed by atoms with Crippen LogP contribution >= 0.6 is 0 Å². The topological polar surface area (TPSA) is 0 Å². The van der Waals surface area contributed by atoms with Gasteiger partial charge in [-0.05, 0) is 17.9 Å². The summed E-state index contributed by atoms with van der Waals surface area (Å²) in [5.41, 5.74) is 1.44. The maximum Gasteiger partial charge on any atom is 0 e. The summed E-state index contributed by atoms with van der Waals surface area (Å²) in [4.78, 5) is 0. The molecule has 0 aliphatic rings. The van der Waals surface area contributed by atoms with Crippen molar-refractivity contribution in [3.05, 3.63) is 35.9 Å². The zero-order valence-corrected chi connectivity index (χ0v) is 9.67. The Morgan fingerprint density at radius 1 is 1.09 bits per heavy atom. The Labute approximate surface area is 91.3 Å². The first kappa shape index (κ1) is 11.2. The van der Waals surface area contributed by atoms with Crippen LogP contribution in [-0.4, -0.2) is 29.6 Å². The minimum absolute atomic E-state index is 0. The molecule has 0 amide bonds. The van der Waals surface area contributed by atoms with Gasteiger partial charge >= 0.3 is 0 Å². The molecule has 0 saturated heterocycles. The summed E-state index contributed by atoms with van der Waals surface area (Å²) in [7, 11) is 0. The van der Waals surface area contributed by atoms with E-state index >= 15 is 0 Å². The van der Waals surface area contributed by atoms with Crippen molar-refractivity contribution in [2.45, 2.75) is 20.3 Å². The zero-order valence-electron chi connectivity index (χ0n) is 7.67. The van der Waals surface area contributed by atoms with Crippen LogP contribution in [0.1, 0.15) is 19.4 Å². The van der Waals surface area contributed by atoms with Crippen LogP contribution in [0.15, 0.2) is 30.3 Å². The molecule has 0 spiro atoms. The van der Waals surface area contributed by atoms with Crippen molar-refractivity contribution in [1.29, 1.82) is 0 Å². The van der Waals surface area contributed by atoms with Gasteiger partial charge in [0.25, 0.3) is 0 Å². The predicted octanol–water partition coefficient (Wildman–Crippen LogP) is 2.50. The zero-order chi connectivity index (χ0) is 7.40. The molecule has 0 N–H and O–H groups in total. The van der Waals surface area contributed by atoms with Crippen LogP contribution in [-0.2, 0) is 6.42 Å². The first-order chi connectivity index (χ1) is 4.79. The molecule has 1 aromatic rings. The quantitative estimate of drug-likeness (QED) is 0.578. The normalized spacial score (nSPS) is 9.36. The second-order valence-electron chi connectivity index (χ2n) is 3.08. The molecule has 55 valence electrons. The van der Waals surface area contributed by atoms with Gasteiger partial charge in [0.2, 0.25) is 0 Å². The molecule has 1 rings (SSSR count). The minimum Gasteiger partial charge on any atom is -0.0625 e. The molecule has 0 atom stereocenters. The average Bonchev–Trinajstić information content (AvgIpc) is 1.88. The standard InChI is InChI=1S/C10H14.Na/c1-9(2)8-10-6-4-3-5-7-10;/h3-7,9H,8H2,1-2H3;. The van der Waals surface area contributed by atoms with Gasteiger partial charge in [-0.15, -0.1) is 0 Å². The minimum atomic E-state index is 0. The third kappa shape index (κ3) is 4.62. The summed E-state index contributed by atoms with van der Waals surface area (Å²) >= 11 is 0. The van der Waals surface area contributed by atoms with E-state index < -0.39 is 0 Å². The third-order valence-corrected chi connectivity index (χ3v) is 1.49. The first-order valence-electron chi connectivity index (χ1n) is 3.83. The molecule has 11 heavy (non-hydrogen) atoms. The van der Waals surface area contributed by atoms with Crippen LogP contribution < -0.4 is 0 Å². The molecule has 0 fully saturated rings. The van der Waals surface area contributed by atoms with Crippen molar-refractivity contribution in [3.8, 4) is 0 Å². The summed E-state index contributed by atoms with van der Waals surface area (Å²) in [5.74, 6) is 0.766. The Morgan fingerprint density at radius 3 is 2.09 bits per heavy atom. The molecular weight excluding hydrogens is 143 g/mol. The van der Waals surface area contributed by atoms with Crippen LogP contribution in [0, 0.1) is 5.92 Å². The Balaban J connectivity index is 0.000001000.